The molecule has 2 aromatic rings. The summed E-state index contributed by atoms with van der Waals surface area (Å²) in [7, 11) is -0.228. The van der Waals surface area contributed by atoms with Gasteiger partial charge < -0.3 is 15.0 Å². The van der Waals surface area contributed by atoms with Gasteiger partial charge in [-0.2, -0.15) is 4.31 Å². The van der Waals surface area contributed by atoms with Gasteiger partial charge in [0.05, 0.1) is 26.9 Å². The van der Waals surface area contributed by atoms with Gasteiger partial charge in [-0.3, -0.25) is 4.79 Å². The van der Waals surface area contributed by atoms with Gasteiger partial charge in [0.1, 0.15) is 5.75 Å². The Morgan fingerprint density at radius 1 is 1.19 bits per heavy atom. The van der Waals surface area contributed by atoms with E-state index in [2.05, 4.69) is 10.2 Å². The van der Waals surface area contributed by atoms with Gasteiger partial charge >= 0.3 is 0 Å². The lowest BCUT2D eigenvalue weighted by atomic mass is 10.3. The van der Waals surface area contributed by atoms with Crippen molar-refractivity contribution in [1.29, 1.82) is 0 Å². The number of halogens is 1. The van der Waals surface area contributed by atoms with Crippen LogP contribution in [0.4, 0.5) is 5.69 Å². The Balaban J connectivity index is 1.87. The van der Waals surface area contributed by atoms with E-state index >= 15 is 0 Å². The highest BCUT2D eigenvalue weighted by Gasteiger charge is 2.28. The highest BCUT2D eigenvalue weighted by molar-refractivity contribution is 7.89. The molecule has 1 N–H and O–H groups in total. The molecular formula is C17H20ClN3O4S2. The van der Waals surface area contributed by atoms with E-state index in [0.29, 0.717) is 46.8 Å². The van der Waals surface area contributed by atoms with Crippen molar-refractivity contribution in [3.05, 3.63) is 39.5 Å². The summed E-state index contributed by atoms with van der Waals surface area (Å²) >= 11 is 7.02. The molecule has 1 aromatic carbocycles. The molecular weight excluding hydrogens is 410 g/mol. The third kappa shape index (κ3) is 4.44. The average molecular weight is 430 g/mol. The molecule has 1 aromatic heterocycles. The number of benzene rings is 1. The van der Waals surface area contributed by atoms with E-state index in [4.69, 9.17) is 16.3 Å². The van der Waals surface area contributed by atoms with Crippen LogP contribution in [0.1, 0.15) is 9.67 Å². The molecule has 146 valence electrons. The summed E-state index contributed by atoms with van der Waals surface area (Å²) in [5.41, 5.74) is 0.294. The van der Waals surface area contributed by atoms with Gasteiger partial charge in [0.2, 0.25) is 10.0 Å². The molecule has 1 aliphatic heterocycles. The molecule has 1 fully saturated rings. The second-order valence-electron chi connectivity index (χ2n) is 6.13. The molecule has 0 radical (unpaired) electrons. The fourth-order valence-corrected chi connectivity index (χ4v) is 5.13. The van der Waals surface area contributed by atoms with E-state index < -0.39 is 10.0 Å². The number of amides is 1. The van der Waals surface area contributed by atoms with E-state index in [1.54, 1.807) is 18.2 Å². The first-order valence-electron chi connectivity index (χ1n) is 8.24. The highest BCUT2D eigenvalue weighted by atomic mass is 35.5. The number of ether oxygens (including phenoxy) is 1. The summed E-state index contributed by atoms with van der Waals surface area (Å²) in [6.07, 6.45) is 0. The van der Waals surface area contributed by atoms with Gasteiger partial charge in [0.15, 0.2) is 0 Å². The predicted octanol–water partition coefficient (Wildman–Crippen LogP) is 2.60. The largest absolute Gasteiger partial charge is 0.495 e. The number of thiophene rings is 1. The normalized spacial score (nSPS) is 16.3. The Labute approximate surface area is 167 Å². The number of piperazine rings is 1. The molecule has 0 bridgehead atoms. The molecule has 0 saturated carbocycles. The molecule has 0 aliphatic carbocycles. The predicted molar refractivity (Wildman–Crippen MR) is 107 cm³/mol. The Hall–Kier alpha value is -1.65. The van der Waals surface area contributed by atoms with Crippen molar-refractivity contribution in [1.82, 2.24) is 9.21 Å². The molecule has 0 unspecified atom stereocenters. The maximum absolute atomic E-state index is 12.9. The first-order chi connectivity index (χ1) is 12.8. The second kappa shape index (κ2) is 8.15. The van der Waals surface area contributed by atoms with Crippen LogP contribution in [-0.2, 0) is 10.0 Å². The van der Waals surface area contributed by atoms with E-state index in [1.807, 2.05) is 7.05 Å². The number of hydrogen-bond donors (Lipinski definition) is 1. The third-order valence-corrected chi connectivity index (χ3v) is 7.44. The van der Waals surface area contributed by atoms with Crippen molar-refractivity contribution >= 4 is 44.6 Å². The van der Waals surface area contributed by atoms with Crippen molar-refractivity contribution in [2.75, 3.05) is 45.7 Å². The summed E-state index contributed by atoms with van der Waals surface area (Å²) < 4.78 is 33.1. The van der Waals surface area contributed by atoms with Crippen LogP contribution in [-0.4, -0.2) is 63.9 Å². The molecule has 1 saturated heterocycles. The zero-order chi connectivity index (χ0) is 19.6. The molecule has 3 rings (SSSR count). The van der Waals surface area contributed by atoms with Crippen molar-refractivity contribution in [3.8, 4) is 5.75 Å². The lowest BCUT2D eigenvalue weighted by molar-refractivity contribution is 0.103. The second-order valence-corrected chi connectivity index (χ2v) is 9.78. The van der Waals surface area contributed by atoms with Crippen LogP contribution in [0.2, 0.25) is 4.34 Å². The number of likely N-dealkylation sites (N-methyl/N-ethyl adjacent to an activating group) is 1. The average Bonchev–Trinajstić information content (AvgIpc) is 3.08. The SMILES string of the molecule is COc1ccc(S(=O)(=O)N2CCN(C)CC2)cc1NC(=O)c1ccc(Cl)s1. The van der Waals surface area contributed by atoms with E-state index in [9.17, 15) is 13.2 Å². The van der Waals surface area contributed by atoms with E-state index in [-0.39, 0.29) is 10.8 Å². The van der Waals surface area contributed by atoms with Crippen molar-refractivity contribution < 1.29 is 17.9 Å². The number of sulfonamides is 1. The van der Waals surface area contributed by atoms with Crippen LogP contribution in [0.3, 0.4) is 0 Å². The molecule has 27 heavy (non-hydrogen) atoms. The number of methoxy groups -OCH3 is 1. The maximum atomic E-state index is 12.9. The Bertz CT molecular complexity index is 937. The summed E-state index contributed by atoms with van der Waals surface area (Å²) in [6, 6.07) is 7.70. The summed E-state index contributed by atoms with van der Waals surface area (Å²) in [5.74, 6) is 0.00248. The first-order valence-corrected chi connectivity index (χ1v) is 10.9. The molecule has 0 spiro atoms. The number of nitrogens with one attached hydrogen (secondary N) is 1. The minimum atomic E-state index is -3.65. The van der Waals surface area contributed by atoms with Crippen molar-refractivity contribution in [2.24, 2.45) is 0 Å². The van der Waals surface area contributed by atoms with Gasteiger partial charge in [-0.1, -0.05) is 11.6 Å². The number of hydrogen-bond acceptors (Lipinski definition) is 6. The Kier molecular flexibility index (Phi) is 6.07. The lowest BCUT2D eigenvalue weighted by Crippen LogP contribution is -2.47. The molecule has 10 heteroatoms. The smallest absolute Gasteiger partial charge is 0.265 e. The Morgan fingerprint density at radius 2 is 1.89 bits per heavy atom. The van der Waals surface area contributed by atoms with E-state index in [1.165, 1.54) is 23.5 Å². The van der Waals surface area contributed by atoms with Gasteiger partial charge in [-0.05, 0) is 37.4 Å². The monoisotopic (exact) mass is 429 g/mol. The molecule has 2 heterocycles. The van der Waals surface area contributed by atoms with Gasteiger partial charge in [-0.15, -0.1) is 11.3 Å². The van der Waals surface area contributed by atoms with Crippen molar-refractivity contribution in [3.63, 3.8) is 0 Å². The number of carbonyl (C=O) groups is 1. The van der Waals surface area contributed by atoms with Gasteiger partial charge in [-0.25, -0.2) is 8.42 Å². The Morgan fingerprint density at radius 3 is 2.48 bits per heavy atom. The van der Waals surface area contributed by atoms with Crippen LogP contribution in [0.25, 0.3) is 0 Å². The van der Waals surface area contributed by atoms with Crippen LogP contribution in [0.5, 0.6) is 5.75 Å². The quantitative estimate of drug-likeness (QED) is 0.790. The fraction of sp³-hybridized carbons (Fsp3) is 0.353. The zero-order valence-electron chi connectivity index (χ0n) is 14.9. The van der Waals surface area contributed by atoms with Crippen LogP contribution in [0, 0.1) is 0 Å². The standard InChI is InChI=1S/C17H20ClN3O4S2/c1-20-7-9-21(10-8-20)27(23,24)12-3-4-14(25-2)13(11-12)19-17(22)15-5-6-16(18)26-15/h3-6,11H,7-10H2,1-2H3,(H,19,22). The van der Waals surface area contributed by atoms with Gasteiger partial charge in [0, 0.05) is 26.2 Å². The summed E-state index contributed by atoms with van der Waals surface area (Å²) in [4.78, 5) is 15.0. The van der Waals surface area contributed by atoms with Gasteiger partial charge in [0.25, 0.3) is 5.91 Å². The number of nitrogens with zero attached hydrogens (tertiary/aromatic N) is 2. The number of carbonyl (C=O) groups excluding carboxylic acids is 1. The molecule has 1 aliphatic rings. The fourth-order valence-electron chi connectivity index (χ4n) is 2.74. The number of rotatable bonds is 5. The van der Waals surface area contributed by atoms with Crippen molar-refractivity contribution in [2.45, 2.75) is 4.90 Å². The lowest BCUT2D eigenvalue weighted by Gasteiger charge is -2.31. The molecule has 7 nitrogen and oxygen atoms in total. The summed E-state index contributed by atoms with van der Waals surface area (Å²) in [5, 5.41) is 2.71. The maximum Gasteiger partial charge on any atom is 0.265 e. The third-order valence-electron chi connectivity index (χ3n) is 4.32. The topological polar surface area (TPSA) is 79.0 Å². The zero-order valence-corrected chi connectivity index (χ0v) is 17.3. The van der Waals surface area contributed by atoms with Crippen LogP contribution in [0.15, 0.2) is 35.2 Å². The molecule has 0 atom stereocenters. The number of anilines is 1. The molecule has 1 amide bonds. The minimum Gasteiger partial charge on any atom is -0.495 e. The van der Waals surface area contributed by atoms with Crippen LogP contribution < -0.4 is 10.1 Å². The highest BCUT2D eigenvalue weighted by Crippen LogP contribution is 2.30. The van der Waals surface area contributed by atoms with Crippen LogP contribution >= 0.6 is 22.9 Å². The summed E-state index contributed by atoms with van der Waals surface area (Å²) in [6.45, 7) is 2.22. The van der Waals surface area contributed by atoms with E-state index in [0.717, 1.165) is 11.3 Å². The first kappa shape index (κ1) is 20.1. The minimum absolute atomic E-state index is 0.118.